The Bertz CT molecular complexity index is 713. The van der Waals surface area contributed by atoms with Crippen LogP contribution in [0.5, 0.6) is 0 Å². The SMILES string of the molecule is CCCCCCCC[C@H](CC(=O)NOCc1ccccc1)C(=O)[C@@H]1CNCCN1C(=O)O. The molecule has 8 heteroatoms. The van der Waals surface area contributed by atoms with E-state index < -0.39 is 18.1 Å². The highest BCUT2D eigenvalue weighted by Crippen LogP contribution is 2.21. The quantitative estimate of drug-likeness (QED) is 0.298. The summed E-state index contributed by atoms with van der Waals surface area (Å²) < 4.78 is 0. The summed E-state index contributed by atoms with van der Waals surface area (Å²) in [5, 5.41) is 12.6. The van der Waals surface area contributed by atoms with E-state index in [1.54, 1.807) is 0 Å². The summed E-state index contributed by atoms with van der Waals surface area (Å²) in [6.07, 6.45) is 5.95. The summed E-state index contributed by atoms with van der Waals surface area (Å²) in [4.78, 5) is 43.8. The minimum absolute atomic E-state index is 0.00740. The summed E-state index contributed by atoms with van der Waals surface area (Å²) >= 11 is 0. The number of rotatable bonds is 14. The van der Waals surface area contributed by atoms with Crippen molar-refractivity contribution in [1.82, 2.24) is 15.7 Å². The molecule has 0 aliphatic carbocycles. The van der Waals surface area contributed by atoms with Crippen molar-refractivity contribution in [2.24, 2.45) is 5.92 Å². The van der Waals surface area contributed by atoms with Crippen molar-refractivity contribution in [2.45, 2.75) is 70.9 Å². The van der Waals surface area contributed by atoms with Crippen molar-refractivity contribution in [3.8, 4) is 0 Å². The molecule has 178 valence electrons. The number of carbonyl (C=O) groups is 3. The van der Waals surface area contributed by atoms with Gasteiger partial charge in [0.1, 0.15) is 6.04 Å². The zero-order chi connectivity index (χ0) is 23.2. The van der Waals surface area contributed by atoms with E-state index in [0.717, 1.165) is 24.8 Å². The van der Waals surface area contributed by atoms with Gasteiger partial charge in [-0.05, 0) is 12.0 Å². The number of Topliss-reactive ketones (excluding diaryl/α,β-unsaturated/α-hetero) is 1. The van der Waals surface area contributed by atoms with E-state index in [1.165, 1.54) is 24.2 Å². The van der Waals surface area contributed by atoms with Crippen LogP contribution in [0.3, 0.4) is 0 Å². The van der Waals surface area contributed by atoms with Gasteiger partial charge in [-0.3, -0.25) is 19.3 Å². The Morgan fingerprint density at radius 1 is 1.16 bits per heavy atom. The molecule has 1 aromatic rings. The second-order valence-electron chi connectivity index (χ2n) is 8.36. The molecular weight excluding hydrogens is 410 g/mol. The molecule has 2 rings (SSSR count). The number of nitrogens with zero attached hydrogens (tertiary/aromatic N) is 1. The lowest BCUT2D eigenvalue weighted by molar-refractivity contribution is -0.139. The van der Waals surface area contributed by atoms with Gasteiger partial charge >= 0.3 is 6.09 Å². The molecule has 0 spiro atoms. The first-order valence-corrected chi connectivity index (χ1v) is 11.7. The monoisotopic (exact) mass is 447 g/mol. The van der Waals surface area contributed by atoms with E-state index in [-0.39, 0.29) is 37.8 Å². The molecule has 1 heterocycles. The third-order valence-electron chi connectivity index (χ3n) is 5.83. The van der Waals surface area contributed by atoms with Crippen LogP contribution in [0.1, 0.15) is 63.9 Å². The maximum atomic E-state index is 13.2. The largest absolute Gasteiger partial charge is 0.465 e. The Labute approximate surface area is 190 Å². The highest BCUT2D eigenvalue weighted by atomic mass is 16.6. The normalized spacial score (nSPS) is 17.0. The summed E-state index contributed by atoms with van der Waals surface area (Å²) in [7, 11) is 0. The number of carbonyl (C=O) groups excluding carboxylic acids is 2. The molecule has 32 heavy (non-hydrogen) atoms. The van der Waals surface area contributed by atoms with E-state index in [4.69, 9.17) is 4.84 Å². The molecule has 2 atom stereocenters. The summed E-state index contributed by atoms with van der Waals surface area (Å²) in [6, 6.07) is 8.72. The lowest BCUT2D eigenvalue weighted by Gasteiger charge is -2.35. The molecule has 1 aromatic carbocycles. The van der Waals surface area contributed by atoms with E-state index in [9.17, 15) is 19.5 Å². The van der Waals surface area contributed by atoms with Crippen molar-refractivity contribution in [3.63, 3.8) is 0 Å². The molecule has 1 fully saturated rings. The Kier molecular flexibility index (Phi) is 11.8. The standard InChI is InChI=1S/C24H37N3O5/c1-2-3-4-5-6-10-13-20(23(29)21-17-25-14-15-27(21)24(30)31)16-22(28)26-32-18-19-11-8-7-9-12-19/h7-9,11-12,20-21,25H,2-6,10,13-18H2,1H3,(H,26,28)(H,30,31)/t20-,21+/m1/s1. The van der Waals surface area contributed by atoms with Crippen LogP contribution in [0.4, 0.5) is 4.79 Å². The van der Waals surface area contributed by atoms with E-state index in [0.29, 0.717) is 13.0 Å². The van der Waals surface area contributed by atoms with Crippen LogP contribution in [0, 0.1) is 5.92 Å². The van der Waals surface area contributed by atoms with Crippen LogP contribution in [-0.4, -0.2) is 53.5 Å². The predicted octanol–water partition coefficient (Wildman–Crippen LogP) is 3.51. The molecule has 3 N–H and O–H groups in total. The van der Waals surface area contributed by atoms with Gasteiger partial charge in [0.15, 0.2) is 5.78 Å². The predicted molar refractivity (Wildman–Crippen MR) is 122 cm³/mol. The van der Waals surface area contributed by atoms with Gasteiger partial charge in [0.2, 0.25) is 5.91 Å². The Morgan fingerprint density at radius 2 is 1.88 bits per heavy atom. The number of nitrogens with one attached hydrogen (secondary N) is 2. The number of amides is 2. The van der Waals surface area contributed by atoms with Crippen LogP contribution < -0.4 is 10.8 Å². The van der Waals surface area contributed by atoms with Crippen molar-refractivity contribution in [2.75, 3.05) is 19.6 Å². The van der Waals surface area contributed by atoms with Crippen LogP contribution in [0.25, 0.3) is 0 Å². The van der Waals surface area contributed by atoms with Crippen molar-refractivity contribution < 1.29 is 24.3 Å². The lowest BCUT2D eigenvalue weighted by atomic mass is 9.88. The third-order valence-corrected chi connectivity index (χ3v) is 5.83. The van der Waals surface area contributed by atoms with Crippen molar-refractivity contribution in [1.29, 1.82) is 0 Å². The minimum atomic E-state index is -1.10. The molecule has 0 radical (unpaired) electrons. The van der Waals surface area contributed by atoms with Crippen LogP contribution >= 0.6 is 0 Å². The highest BCUT2D eigenvalue weighted by molar-refractivity contribution is 5.92. The number of ketones is 1. The Hall–Kier alpha value is -2.45. The first kappa shape index (κ1) is 25.8. The molecule has 0 bridgehead atoms. The zero-order valence-electron chi connectivity index (χ0n) is 19.1. The Morgan fingerprint density at radius 3 is 2.59 bits per heavy atom. The summed E-state index contributed by atoms with van der Waals surface area (Å²) in [5.74, 6) is -1.09. The highest BCUT2D eigenvalue weighted by Gasteiger charge is 2.36. The van der Waals surface area contributed by atoms with Crippen LogP contribution in [0.15, 0.2) is 30.3 Å². The number of piperazine rings is 1. The average molecular weight is 448 g/mol. The van der Waals surface area contributed by atoms with Crippen LogP contribution in [0.2, 0.25) is 0 Å². The van der Waals surface area contributed by atoms with Crippen molar-refractivity contribution >= 4 is 17.8 Å². The van der Waals surface area contributed by atoms with E-state index >= 15 is 0 Å². The minimum Gasteiger partial charge on any atom is -0.465 e. The lowest BCUT2D eigenvalue weighted by Crippen LogP contribution is -2.58. The fourth-order valence-corrected chi connectivity index (χ4v) is 4.02. The second-order valence-corrected chi connectivity index (χ2v) is 8.36. The summed E-state index contributed by atoms with van der Waals surface area (Å²) in [6.45, 7) is 3.47. The zero-order valence-corrected chi connectivity index (χ0v) is 19.1. The second kappa shape index (κ2) is 14.6. The van der Waals surface area contributed by atoms with Gasteiger partial charge in [-0.2, -0.15) is 0 Å². The van der Waals surface area contributed by atoms with Crippen LogP contribution in [-0.2, 0) is 21.0 Å². The number of benzene rings is 1. The third kappa shape index (κ3) is 8.96. The van der Waals surface area contributed by atoms with Gasteiger partial charge < -0.3 is 10.4 Å². The summed E-state index contributed by atoms with van der Waals surface area (Å²) in [5.41, 5.74) is 3.36. The number of unbranched alkanes of at least 4 members (excludes halogenated alkanes) is 5. The number of hydroxylamine groups is 1. The molecule has 0 unspecified atom stereocenters. The molecule has 1 saturated heterocycles. The molecule has 8 nitrogen and oxygen atoms in total. The fourth-order valence-electron chi connectivity index (χ4n) is 4.02. The molecular formula is C24H37N3O5. The van der Waals surface area contributed by atoms with Gasteiger partial charge in [-0.25, -0.2) is 10.3 Å². The number of hydrogen-bond acceptors (Lipinski definition) is 5. The molecule has 1 aliphatic rings. The van der Waals surface area contributed by atoms with E-state index in [1.807, 2.05) is 30.3 Å². The maximum Gasteiger partial charge on any atom is 0.408 e. The maximum absolute atomic E-state index is 13.2. The number of carboxylic acid groups (broad SMARTS) is 1. The topological polar surface area (TPSA) is 108 Å². The first-order valence-electron chi connectivity index (χ1n) is 11.7. The van der Waals surface area contributed by atoms with Gasteiger partial charge in [-0.1, -0.05) is 75.8 Å². The Balaban J connectivity index is 1.92. The molecule has 1 aliphatic heterocycles. The fraction of sp³-hybridized carbons (Fsp3) is 0.625. The molecule has 0 aromatic heterocycles. The van der Waals surface area contributed by atoms with Crippen molar-refractivity contribution in [3.05, 3.63) is 35.9 Å². The number of hydrogen-bond donors (Lipinski definition) is 3. The molecule has 0 saturated carbocycles. The smallest absolute Gasteiger partial charge is 0.408 e. The van der Waals surface area contributed by atoms with Gasteiger partial charge in [0.25, 0.3) is 0 Å². The van der Waals surface area contributed by atoms with E-state index in [2.05, 4.69) is 17.7 Å². The van der Waals surface area contributed by atoms with Gasteiger partial charge in [0, 0.05) is 32.0 Å². The first-order chi connectivity index (χ1) is 15.5. The average Bonchev–Trinajstić information content (AvgIpc) is 2.80. The van der Waals surface area contributed by atoms with Gasteiger partial charge in [0.05, 0.1) is 6.61 Å². The van der Waals surface area contributed by atoms with Gasteiger partial charge in [-0.15, -0.1) is 0 Å². The molecule has 2 amide bonds.